The molecule has 0 aliphatic rings. The summed E-state index contributed by atoms with van der Waals surface area (Å²) < 4.78 is 4.61. The molecule has 24 heavy (non-hydrogen) atoms. The lowest BCUT2D eigenvalue weighted by molar-refractivity contribution is 0.373. The van der Waals surface area contributed by atoms with E-state index in [1.54, 1.807) is 0 Å². The summed E-state index contributed by atoms with van der Waals surface area (Å²) in [5.41, 5.74) is 0. The number of aromatic nitrogens is 2. The van der Waals surface area contributed by atoms with Crippen LogP contribution in [0.1, 0.15) is 122 Å². The third-order valence-corrected chi connectivity index (χ3v) is 4.99. The second-order valence-electron chi connectivity index (χ2n) is 7.12. The Balaban J connectivity index is 1.89. The summed E-state index contributed by atoms with van der Waals surface area (Å²) in [6.07, 6.45) is 20.0. The van der Waals surface area contributed by atoms with Gasteiger partial charge < -0.3 is 0 Å². The van der Waals surface area contributed by atoms with Crippen LogP contribution in [0.5, 0.6) is 0 Å². The average Bonchev–Trinajstić information content (AvgIpc) is 3.01. The maximum absolute atomic E-state index is 11.0. The van der Waals surface area contributed by atoms with Crippen LogP contribution in [-0.2, 0) is 0 Å². The van der Waals surface area contributed by atoms with E-state index in [0.717, 1.165) is 18.7 Å². The Morgan fingerprint density at radius 2 is 1.33 bits per heavy atom. The topological polar surface area (TPSA) is 58.9 Å². The molecule has 0 aliphatic carbocycles. The van der Waals surface area contributed by atoms with Gasteiger partial charge in [0, 0.05) is 5.92 Å². The van der Waals surface area contributed by atoms with Gasteiger partial charge in [-0.15, -0.1) is 0 Å². The highest BCUT2D eigenvalue weighted by Gasteiger charge is 2.13. The van der Waals surface area contributed by atoms with Crippen molar-refractivity contribution in [2.45, 2.75) is 116 Å². The van der Waals surface area contributed by atoms with Crippen LogP contribution in [0.25, 0.3) is 0 Å². The standard InChI is InChI=1S/C20H38N2O2/c1-3-5-6-7-8-9-10-11-12-13-14-15-16-17-18(4-2)19-21-20(23)24-22-19/h18H,3-17H2,1-2H3,(H,21,22,23). The van der Waals surface area contributed by atoms with E-state index in [0.29, 0.717) is 5.92 Å². The van der Waals surface area contributed by atoms with Crippen molar-refractivity contribution >= 4 is 0 Å². The summed E-state index contributed by atoms with van der Waals surface area (Å²) in [7, 11) is 0. The predicted molar refractivity (Wildman–Crippen MR) is 100 cm³/mol. The molecular weight excluding hydrogens is 300 g/mol. The van der Waals surface area contributed by atoms with Crippen LogP contribution < -0.4 is 5.76 Å². The van der Waals surface area contributed by atoms with Crippen LogP contribution in [0, 0.1) is 0 Å². The molecule has 1 unspecified atom stereocenters. The Labute approximate surface area is 147 Å². The molecule has 0 radical (unpaired) electrons. The van der Waals surface area contributed by atoms with Crippen molar-refractivity contribution in [3.05, 3.63) is 16.4 Å². The SMILES string of the molecule is CCCCCCCCCCCCCCCC(CC)c1noc(=O)[nH]1. The van der Waals surface area contributed by atoms with Crippen LogP contribution in [-0.4, -0.2) is 10.1 Å². The molecule has 0 spiro atoms. The lowest BCUT2D eigenvalue weighted by Crippen LogP contribution is -2.03. The van der Waals surface area contributed by atoms with Gasteiger partial charge in [0.05, 0.1) is 0 Å². The number of nitrogens with one attached hydrogen (secondary N) is 1. The van der Waals surface area contributed by atoms with Gasteiger partial charge in [-0.3, -0.25) is 9.51 Å². The average molecular weight is 339 g/mol. The van der Waals surface area contributed by atoms with Crippen molar-refractivity contribution in [3.63, 3.8) is 0 Å². The number of nitrogens with zero attached hydrogens (tertiary/aromatic N) is 1. The van der Waals surface area contributed by atoms with Crippen molar-refractivity contribution in [2.75, 3.05) is 0 Å². The molecular formula is C20H38N2O2. The van der Waals surface area contributed by atoms with E-state index < -0.39 is 5.76 Å². The minimum absolute atomic E-state index is 0.337. The summed E-state index contributed by atoms with van der Waals surface area (Å²) in [5.74, 6) is 0.624. The van der Waals surface area contributed by atoms with Crippen LogP contribution in [0.4, 0.5) is 0 Å². The molecule has 1 rings (SSSR count). The van der Waals surface area contributed by atoms with Crippen LogP contribution >= 0.6 is 0 Å². The molecule has 1 aromatic rings. The lowest BCUT2D eigenvalue weighted by atomic mass is 9.97. The summed E-state index contributed by atoms with van der Waals surface area (Å²) in [6, 6.07) is 0. The highest BCUT2D eigenvalue weighted by atomic mass is 16.5. The van der Waals surface area contributed by atoms with E-state index in [1.807, 2.05) is 0 Å². The third-order valence-electron chi connectivity index (χ3n) is 4.99. The fraction of sp³-hybridized carbons (Fsp3) is 0.900. The predicted octanol–water partition coefficient (Wildman–Crippen LogP) is 6.34. The Kier molecular flexibility index (Phi) is 12.5. The summed E-state index contributed by atoms with van der Waals surface area (Å²) >= 11 is 0. The number of hydrogen-bond donors (Lipinski definition) is 1. The van der Waals surface area contributed by atoms with E-state index in [2.05, 4.69) is 28.5 Å². The quantitative estimate of drug-likeness (QED) is 0.358. The zero-order valence-electron chi connectivity index (χ0n) is 15.9. The highest BCUT2D eigenvalue weighted by Crippen LogP contribution is 2.22. The van der Waals surface area contributed by atoms with E-state index in [-0.39, 0.29) is 0 Å². The second kappa shape index (κ2) is 14.3. The van der Waals surface area contributed by atoms with Crippen molar-refractivity contribution < 1.29 is 4.52 Å². The molecule has 1 N–H and O–H groups in total. The van der Waals surface area contributed by atoms with E-state index in [1.165, 1.54) is 83.5 Å². The van der Waals surface area contributed by atoms with Gasteiger partial charge in [-0.05, 0) is 12.8 Å². The van der Waals surface area contributed by atoms with Gasteiger partial charge in [-0.2, -0.15) is 0 Å². The minimum atomic E-state index is -0.436. The van der Waals surface area contributed by atoms with Gasteiger partial charge in [0.25, 0.3) is 0 Å². The number of H-pyrrole nitrogens is 1. The molecule has 0 aliphatic heterocycles. The van der Waals surface area contributed by atoms with Crippen molar-refractivity contribution in [1.82, 2.24) is 10.1 Å². The molecule has 4 heteroatoms. The number of unbranched alkanes of at least 4 members (excludes halogenated alkanes) is 12. The van der Waals surface area contributed by atoms with Gasteiger partial charge >= 0.3 is 5.76 Å². The Morgan fingerprint density at radius 3 is 1.75 bits per heavy atom. The number of hydrogen-bond acceptors (Lipinski definition) is 3. The molecule has 0 fully saturated rings. The molecule has 0 bridgehead atoms. The first-order valence-electron chi connectivity index (χ1n) is 10.3. The van der Waals surface area contributed by atoms with Gasteiger partial charge in [0.1, 0.15) is 0 Å². The van der Waals surface area contributed by atoms with E-state index in [9.17, 15) is 4.79 Å². The molecule has 140 valence electrons. The lowest BCUT2D eigenvalue weighted by Gasteiger charge is -2.10. The van der Waals surface area contributed by atoms with Crippen molar-refractivity contribution in [3.8, 4) is 0 Å². The van der Waals surface area contributed by atoms with Crippen molar-refractivity contribution in [1.29, 1.82) is 0 Å². The number of rotatable bonds is 16. The molecule has 1 aromatic heterocycles. The van der Waals surface area contributed by atoms with Crippen LogP contribution in [0.2, 0.25) is 0 Å². The summed E-state index contributed by atoms with van der Waals surface area (Å²) in [5, 5.41) is 3.82. The van der Waals surface area contributed by atoms with E-state index in [4.69, 9.17) is 0 Å². The van der Waals surface area contributed by atoms with Crippen LogP contribution in [0.3, 0.4) is 0 Å². The Bertz CT molecular complexity index is 439. The molecule has 4 nitrogen and oxygen atoms in total. The van der Waals surface area contributed by atoms with Gasteiger partial charge in [0.15, 0.2) is 5.82 Å². The monoisotopic (exact) mass is 338 g/mol. The first-order valence-corrected chi connectivity index (χ1v) is 10.3. The molecule has 0 saturated heterocycles. The maximum atomic E-state index is 11.0. The second-order valence-corrected chi connectivity index (χ2v) is 7.12. The molecule has 1 atom stereocenters. The largest absolute Gasteiger partial charge is 0.438 e. The maximum Gasteiger partial charge on any atom is 0.438 e. The van der Waals surface area contributed by atoms with Crippen LogP contribution in [0.15, 0.2) is 9.32 Å². The van der Waals surface area contributed by atoms with Crippen molar-refractivity contribution in [2.24, 2.45) is 0 Å². The number of aromatic amines is 1. The minimum Gasteiger partial charge on any atom is -0.296 e. The Hall–Kier alpha value is -1.06. The molecule has 1 heterocycles. The Morgan fingerprint density at radius 1 is 0.833 bits per heavy atom. The zero-order valence-corrected chi connectivity index (χ0v) is 15.9. The summed E-state index contributed by atoms with van der Waals surface area (Å²) in [6.45, 7) is 4.41. The summed E-state index contributed by atoms with van der Waals surface area (Å²) in [4.78, 5) is 13.7. The first-order chi connectivity index (χ1) is 11.8. The van der Waals surface area contributed by atoms with Gasteiger partial charge in [-0.1, -0.05) is 102 Å². The normalized spacial score (nSPS) is 12.6. The zero-order chi connectivity index (χ0) is 17.5. The fourth-order valence-corrected chi connectivity index (χ4v) is 3.36. The van der Waals surface area contributed by atoms with Gasteiger partial charge in [0.2, 0.25) is 0 Å². The fourth-order valence-electron chi connectivity index (χ4n) is 3.36. The molecule has 0 amide bonds. The molecule has 0 saturated carbocycles. The van der Waals surface area contributed by atoms with Gasteiger partial charge in [-0.25, -0.2) is 4.79 Å². The third kappa shape index (κ3) is 9.94. The smallest absolute Gasteiger partial charge is 0.296 e. The highest BCUT2D eigenvalue weighted by molar-refractivity contribution is 4.90. The van der Waals surface area contributed by atoms with E-state index >= 15 is 0 Å². The molecule has 0 aromatic carbocycles. The first kappa shape index (κ1) is 21.0.